The fraction of sp³-hybridized carbons (Fsp3) is 0.548. The number of H-pyrrole nitrogens is 1. The van der Waals surface area contributed by atoms with E-state index in [1.165, 1.54) is 24.8 Å². The van der Waals surface area contributed by atoms with Gasteiger partial charge in [0, 0.05) is 49.3 Å². The van der Waals surface area contributed by atoms with Gasteiger partial charge in [-0.25, -0.2) is 15.0 Å². The Labute approximate surface area is 312 Å². The molecule has 11 nitrogen and oxygen atoms in total. The Morgan fingerprint density at radius 2 is 1.81 bits per heavy atom. The maximum atomic E-state index is 6.63. The number of hydrogen-bond donors (Lipinski definition) is 2. The summed E-state index contributed by atoms with van der Waals surface area (Å²) in [6, 6.07) is 15.3. The molecule has 1 aliphatic heterocycles. The van der Waals surface area contributed by atoms with Crippen molar-refractivity contribution in [3.05, 3.63) is 71.9 Å². The second-order valence-electron chi connectivity index (χ2n) is 17.0. The lowest BCUT2D eigenvalue weighted by atomic mass is 9.76. The Morgan fingerprint density at radius 3 is 2.58 bits per heavy atom. The highest BCUT2D eigenvalue weighted by Crippen LogP contribution is 2.49. The molecule has 0 bridgehead atoms. The standard InChI is InChI=1S/C42H55N7O4/c1-41(2,3)28-11-13-32-33(20-28)47-36(46-32)14-9-25-17-29(18-25)48(6)23-27-19-34(38-37(27)52-42(4,5)53-38)49-16-15-31-39(44-24-45-40(31)49)43-22-26-10-12-30(50-7)21-35(26)51-8/h10-13,15-16,20-21,24-25,27,29,34,37-38H,9,14,17-19,22-23H2,1-8H3,(H,46,47)(H,43,44,45)/t25-,27-,29-,34-,37-,38+/m1/s1. The predicted octanol–water partition coefficient (Wildman–Crippen LogP) is 7.66. The van der Waals surface area contributed by atoms with E-state index < -0.39 is 5.79 Å². The molecular weight excluding hydrogens is 667 g/mol. The van der Waals surface area contributed by atoms with Crippen LogP contribution in [0.3, 0.4) is 0 Å². The van der Waals surface area contributed by atoms with Gasteiger partial charge in [0.1, 0.15) is 41.2 Å². The zero-order valence-electron chi connectivity index (χ0n) is 32.5. The highest BCUT2D eigenvalue weighted by molar-refractivity contribution is 5.87. The van der Waals surface area contributed by atoms with Gasteiger partial charge in [0.25, 0.3) is 0 Å². The van der Waals surface area contributed by atoms with E-state index in [2.05, 4.69) is 83.0 Å². The molecule has 4 atom stereocenters. The first-order chi connectivity index (χ1) is 25.4. The molecule has 53 heavy (non-hydrogen) atoms. The van der Waals surface area contributed by atoms with Crippen LogP contribution in [0.2, 0.25) is 0 Å². The van der Waals surface area contributed by atoms with Gasteiger partial charge in [-0.2, -0.15) is 0 Å². The summed E-state index contributed by atoms with van der Waals surface area (Å²) in [5, 5.41) is 4.50. The smallest absolute Gasteiger partial charge is 0.163 e. The number of fused-ring (bicyclic) bond motifs is 3. The highest BCUT2D eigenvalue weighted by atomic mass is 16.8. The van der Waals surface area contributed by atoms with Gasteiger partial charge in [0.2, 0.25) is 0 Å². The Bertz CT molecular complexity index is 2080. The molecule has 2 N–H and O–H groups in total. The minimum atomic E-state index is -0.626. The summed E-state index contributed by atoms with van der Waals surface area (Å²) in [6.45, 7) is 12.4. The quantitative estimate of drug-likeness (QED) is 0.134. The van der Waals surface area contributed by atoms with Crippen molar-refractivity contribution in [1.29, 1.82) is 0 Å². The van der Waals surface area contributed by atoms with Crippen LogP contribution in [0.5, 0.6) is 11.5 Å². The summed E-state index contributed by atoms with van der Waals surface area (Å²) in [7, 11) is 5.63. The number of aryl methyl sites for hydroxylation is 1. The number of methoxy groups -OCH3 is 2. The molecule has 5 aromatic rings. The number of benzene rings is 2. The molecule has 8 rings (SSSR count). The van der Waals surface area contributed by atoms with Gasteiger partial charge < -0.3 is 38.7 Å². The molecule has 0 spiro atoms. The summed E-state index contributed by atoms with van der Waals surface area (Å²) in [5.74, 6) is 3.88. The van der Waals surface area contributed by atoms with E-state index in [0.29, 0.717) is 18.5 Å². The number of aromatic amines is 1. The number of nitrogens with zero attached hydrogens (tertiary/aromatic N) is 5. The Hall–Kier alpha value is -4.19. The maximum absolute atomic E-state index is 6.63. The topological polar surface area (TPSA) is 112 Å². The number of anilines is 1. The molecule has 3 aliphatic rings. The van der Waals surface area contributed by atoms with Crippen LogP contribution in [0.1, 0.15) is 83.3 Å². The van der Waals surface area contributed by atoms with Crippen LogP contribution in [-0.4, -0.2) is 81.3 Å². The van der Waals surface area contributed by atoms with Crippen molar-refractivity contribution in [3.8, 4) is 11.5 Å². The molecule has 3 fully saturated rings. The van der Waals surface area contributed by atoms with Crippen molar-refractivity contribution in [2.75, 3.05) is 33.1 Å². The van der Waals surface area contributed by atoms with Crippen LogP contribution >= 0.6 is 0 Å². The van der Waals surface area contributed by atoms with E-state index in [9.17, 15) is 0 Å². The van der Waals surface area contributed by atoms with Gasteiger partial charge >= 0.3 is 0 Å². The Morgan fingerprint density at radius 1 is 1.00 bits per heavy atom. The average Bonchev–Trinajstić information content (AvgIpc) is 3.87. The van der Waals surface area contributed by atoms with Crippen molar-refractivity contribution < 1.29 is 18.9 Å². The van der Waals surface area contributed by atoms with Crippen LogP contribution in [0.4, 0.5) is 5.82 Å². The molecule has 4 heterocycles. The van der Waals surface area contributed by atoms with E-state index >= 15 is 0 Å². The van der Waals surface area contributed by atoms with Gasteiger partial charge in [-0.15, -0.1) is 0 Å². The number of ether oxygens (including phenoxy) is 4. The van der Waals surface area contributed by atoms with E-state index in [1.54, 1.807) is 20.5 Å². The lowest BCUT2D eigenvalue weighted by Crippen LogP contribution is -2.46. The van der Waals surface area contributed by atoms with Gasteiger partial charge in [-0.1, -0.05) is 26.8 Å². The molecule has 1 saturated heterocycles. The number of hydrogen-bond acceptors (Lipinski definition) is 9. The van der Waals surface area contributed by atoms with Gasteiger partial charge in [-0.3, -0.25) is 0 Å². The van der Waals surface area contributed by atoms with E-state index in [4.69, 9.17) is 28.9 Å². The maximum Gasteiger partial charge on any atom is 0.163 e. The van der Waals surface area contributed by atoms with Crippen molar-refractivity contribution in [1.82, 2.24) is 29.4 Å². The molecule has 0 unspecified atom stereocenters. The number of rotatable bonds is 12. The van der Waals surface area contributed by atoms with Crippen molar-refractivity contribution in [3.63, 3.8) is 0 Å². The minimum Gasteiger partial charge on any atom is -0.497 e. The van der Waals surface area contributed by atoms with Crippen LogP contribution in [-0.2, 0) is 27.9 Å². The number of aromatic nitrogens is 5. The second kappa shape index (κ2) is 13.9. The molecular formula is C42H55N7O4. The van der Waals surface area contributed by atoms with Crippen molar-refractivity contribution >= 4 is 27.9 Å². The second-order valence-corrected chi connectivity index (χ2v) is 17.0. The molecule has 2 aliphatic carbocycles. The summed E-state index contributed by atoms with van der Waals surface area (Å²) in [6.07, 6.45) is 9.36. The summed E-state index contributed by atoms with van der Waals surface area (Å²) < 4.78 is 26.5. The fourth-order valence-electron chi connectivity index (χ4n) is 8.86. The molecule has 3 aromatic heterocycles. The first kappa shape index (κ1) is 35.8. The van der Waals surface area contributed by atoms with E-state index in [1.807, 2.05) is 32.0 Å². The van der Waals surface area contributed by atoms with Gasteiger partial charge in [-0.05, 0) is 93.8 Å². The normalized spacial score (nSPS) is 25.2. The van der Waals surface area contributed by atoms with Crippen LogP contribution in [0.25, 0.3) is 22.1 Å². The zero-order valence-corrected chi connectivity index (χ0v) is 32.5. The minimum absolute atomic E-state index is 0.0274. The third kappa shape index (κ3) is 7.11. The van der Waals surface area contributed by atoms with Gasteiger partial charge in [0.05, 0.1) is 42.8 Å². The Kier molecular flexibility index (Phi) is 9.40. The fourth-order valence-corrected chi connectivity index (χ4v) is 8.86. The molecule has 11 heteroatoms. The third-order valence-electron chi connectivity index (χ3n) is 11.9. The molecule has 2 aromatic carbocycles. The molecule has 282 valence electrons. The van der Waals surface area contributed by atoms with E-state index in [0.717, 1.165) is 76.1 Å². The third-order valence-corrected chi connectivity index (χ3v) is 11.9. The largest absolute Gasteiger partial charge is 0.497 e. The van der Waals surface area contributed by atoms with Gasteiger partial charge in [0.15, 0.2) is 5.79 Å². The van der Waals surface area contributed by atoms with E-state index in [-0.39, 0.29) is 23.7 Å². The first-order valence-electron chi connectivity index (χ1n) is 19.2. The lowest BCUT2D eigenvalue weighted by Gasteiger charge is -2.42. The summed E-state index contributed by atoms with van der Waals surface area (Å²) >= 11 is 0. The predicted molar refractivity (Wildman–Crippen MR) is 208 cm³/mol. The monoisotopic (exact) mass is 721 g/mol. The highest BCUT2D eigenvalue weighted by Gasteiger charge is 2.55. The summed E-state index contributed by atoms with van der Waals surface area (Å²) in [4.78, 5) is 20.5. The lowest BCUT2D eigenvalue weighted by molar-refractivity contribution is -0.161. The zero-order chi connectivity index (χ0) is 37.1. The first-order valence-corrected chi connectivity index (χ1v) is 19.2. The molecule has 2 saturated carbocycles. The molecule has 0 radical (unpaired) electrons. The molecule has 0 amide bonds. The SMILES string of the molecule is COc1ccc(CNc2ncnc3c2ccn3[C@@H]2C[C@H](CN(C)[C@H]3C[C@H](CCc4nc5cc(C(C)(C)C)ccc5[nH]4)C3)[C@H]3OC(C)(C)O[C@H]32)c(OC)c1. The van der Waals surface area contributed by atoms with Crippen molar-refractivity contribution in [2.24, 2.45) is 11.8 Å². The Balaban J connectivity index is 0.902. The summed E-state index contributed by atoms with van der Waals surface area (Å²) in [5.41, 5.74) is 5.58. The average molecular weight is 722 g/mol. The number of imidazole rings is 1. The number of nitrogens with one attached hydrogen (secondary N) is 2. The van der Waals surface area contributed by atoms with Crippen LogP contribution in [0.15, 0.2) is 55.0 Å². The van der Waals surface area contributed by atoms with Crippen molar-refractivity contribution in [2.45, 2.75) is 109 Å². The van der Waals surface area contributed by atoms with Crippen LogP contribution in [0, 0.1) is 11.8 Å². The van der Waals surface area contributed by atoms with Crippen LogP contribution < -0.4 is 14.8 Å².